The SMILES string of the molecule is O=C(OCc1ccccc1)C1C(=C(CO)C/C=C/c2ccccc2)O[C@@H]2CC(=O)N12. The number of nitrogens with zero attached hydrogens (tertiary/aromatic N) is 1. The minimum absolute atomic E-state index is 0.110. The van der Waals surface area contributed by atoms with Crippen LogP contribution >= 0.6 is 0 Å². The van der Waals surface area contributed by atoms with Gasteiger partial charge < -0.3 is 14.6 Å². The maximum Gasteiger partial charge on any atom is 0.337 e. The third kappa shape index (κ3) is 4.14. The molecule has 6 heteroatoms. The molecule has 4 rings (SSSR count). The summed E-state index contributed by atoms with van der Waals surface area (Å²) in [6, 6.07) is 18.2. The number of amides is 1. The minimum Gasteiger partial charge on any atom is -0.471 e. The van der Waals surface area contributed by atoms with Gasteiger partial charge in [0, 0.05) is 0 Å². The fourth-order valence-corrected chi connectivity index (χ4v) is 3.60. The van der Waals surface area contributed by atoms with Crippen molar-refractivity contribution in [3.05, 3.63) is 89.2 Å². The van der Waals surface area contributed by atoms with Crippen molar-refractivity contribution < 1.29 is 24.2 Å². The number of hydrogen-bond acceptors (Lipinski definition) is 5. The number of carbonyl (C=O) groups is 2. The fourth-order valence-electron chi connectivity index (χ4n) is 3.60. The Hall–Kier alpha value is -3.38. The van der Waals surface area contributed by atoms with Gasteiger partial charge in [-0.1, -0.05) is 72.8 Å². The molecule has 2 aliphatic heterocycles. The number of carbonyl (C=O) groups excluding carboxylic acids is 2. The quantitative estimate of drug-likeness (QED) is 0.566. The Balaban J connectivity index is 1.52. The molecule has 2 fully saturated rings. The van der Waals surface area contributed by atoms with Gasteiger partial charge in [-0.3, -0.25) is 9.69 Å². The van der Waals surface area contributed by atoms with Gasteiger partial charge in [0.1, 0.15) is 12.4 Å². The van der Waals surface area contributed by atoms with E-state index in [2.05, 4.69) is 0 Å². The number of allylic oxidation sites excluding steroid dienone is 1. The lowest BCUT2D eigenvalue weighted by Crippen LogP contribution is -2.55. The molecule has 1 unspecified atom stereocenters. The average Bonchev–Trinajstić information content (AvgIpc) is 3.09. The summed E-state index contributed by atoms with van der Waals surface area (Å²) in [6.45, 7) is -0.163. The van der Waals surface area contributed by atoms with Crippen molar-refractivity contribution in [3.8, 4) is 0 Å². The third-order valence-electron chi connectivity index (χ3n) is 5.20. The van der Waals surface area contributed by atoms with E-state index >= 15 is 0 Å². The van der Waals surface area contributed by atoms with Gasteiger partial charge in [-0.2, -0.15) is 0 Å². The molecule has 1 N–H and O–H groups in total. The molecular weight excluding hydrogens is 382 g/mol. The van der Waals surface area contributed by atoms with Crippen molar-refractivity contribution in [1.29, 1.82) is 0 Å². The predicted octanol–water partition coefficient (Wildman–Crippen LogP) is 3.04. The third-order valence-corrected chi connectivity index (χ3v) is 5.20. The smallest absolute Gasteiger partial charge is 0.337 e. The zero-order valence-electron chi connectivity index (χ0n) is 16.4. The molecular formula is C24H23NO5. The number of ether oxygens (including phenoxy) is 2. The molecule has 0 saturated carbocycles. The maximum absolute atomic E-state index is 12.9. The van der Waals surface area contributed by atoms with Crippen molar-refractivity contribution in [2.24, 2.45) is 0 Å². The van der Waals surface area contributed by atoms with Gasteiger partial charge in [0.25, 0.3) is 0 Å². The van der Waals surface area contributed by atoms with Crippen LogP contribution in [0, 0.1) is 0 Å². The number of rotatable bonds is 7. The van der Waals surface area contributed by atoms with Crippen LogP contribution in [0.15, 0.2) is 78.1 Å². The standard InChI is InChI=1S/C24H23NO5/c26-15-19(13-7-12-17-8-3-1-4-9-17)23-22(25-20(27)14-21(25)30-23)24(28)29-16-18-10-5-2-6-11-18/h1-12,21-22,26H,13-16H2/b12-7+,23-19?/t21-,22?/m1/s1. The molecule has 1 amide bonds. The molecule has 154 valence electrons. The van der Waals surface area contributed by atoms with Gasteiger partial charge in [-0.15, -0.1) is 0 Å². The topological polar surface area (TPSA) is 76.1 Å². The van der Waals surface area contributed by atoms with Crippen molar-refractivity contribution in [2.75, 3.05) is 6.61 Å². The summed E-state index contributed by atoms with van der Waals surface area (Å²) in [5.41, 5.74) is 2.45. The molecule has 0 radical (unpaired) electrons. The van der Waals surface area contributed by atoms with Crippen LogP contribution in [0.3, 0.4) is 0 Å². The average molecular weight is 405 g/mol. The molecule has 2 aromatic carbocycles. The molecule has 0 aromatic heterocycles. The second-order valence-corrected chi connectivity index (χ2v) is 7.22. The highest BCUT2D eigenvalue weighted by Gasteiger charge is 2.55. The highest BCUT2D eigenvalue weighted by atomic mass is 16.6. The Bertz CT molecular complexity index is 968. The number of esters is 1. The number of hydrogen-bond donors (Lipinski definition) is 1. The first-order valence-corrected chi connectivity index (χ1v) is 9.90. The first-order valence-electron chi connectivity index (χ1n) is 9.90. The van der Waals surface area contributed by atoms with Gasteiger partial charge in [0.15, 0.2) is 12.3 Å². The zero-order chi connectivity index (χ0) is 20.9. The lowest BCUT2D eigenvalue weighted by molar-refractivity contribution is -0.166. The van der Waals surface area contributed by atoms with Crippen molar-refractivity contribution in [2.45, 2.75) is 31.7 Å². The Morgan fingerprint density at radius 1 is 1.13 bits per heavy atom. The Morgan fingerprint density at radius 3 is 2.50 bits per heavy atom. The van der Waals surface area contributed by atoms with Gasteiger partial charge in [-0.05, 0) is 23.1 Å². The van der Waals surface area contributed by atoms with E-state index < -0.39 is 18.2 Å². The lowest BCUT2D eigenvalue weighted by atomic mass is 10.0. The molecule has 2 aromatic rings. The summed E-state index contributed by atoms with van der Waals surface area (Å²) < 4.78 is 11.3. The van der Waals surface area contributed by atoms with Crippen molar-refractivity contribution in [1.82, 2.24) is 4.90 Å². The summed E-state index contributed by atoms with van der Waals surface area (Å²) in [5.74, 6) is -0.389. The normalized spacial score (nSPS) is 21.8. The molecule has 30 heavy (non-hydrogen) atoms. The minimum atomic E-state index is -0.952. The molecule has 2 aliphatic rings. The van der Waals surface area contributed by atoms with E-state index in [1.807, 2.05) is 72.8 Å². The van der Waals surface area contributed by atoms with E-state index in [-0.39, 0.29) is 25.5 Å². The van der Waals surface area contributed by atoms with Crippen LogP contribution in [-0.2, 0) is 25.7 Å². The second kappa shape index (κ2) is 8.97. The van der Waals surface area contributed by atoms with E-state index in [1.165, 1.54) is 4.90 Å². The zero-order valence-corrected chi connectivity index (χ0v) is 16.4. The number of β-lactam (4-membered cyclic amide) rings is 1. The molecule has 2 atom stereocenters. The fraction of sp³-hybridized carbons (Fsp3) is 0.250. The van der Waals surface area contributed by atoms with Gasteiger partial charge in [0.2, 0.25) is 5.91 Å². The van der Waals surface area contributed by atoms with Gasteiger partial charge in [-0.25, -0.2) is 4.79 Å². The van der Waals surface area contributed by atoms with Gasteiger partial charge >= 0.3 is 5.97 Å². The predicted molar refractivity (Wildman–Crippen MR) is 111 cm³/mol. The number of benzene rings is 2. The summed E-state index contributed by atoms with van der Waals surface area (Å²) in [6.07, 6.45) is 4.00. The van der Waals surface area contributed by atoms with Crippen molar-refractivity contribution >= 4 is 18.0 Å². The van der Waals surface area contributed by atoms with Crippen LogP contribution in [0.5, 0.6) is 0 Å². The van der Waals surface area contributed by atoms with Crippen LogP contribution in [0.2, 0.25) is 0 Å². The van der Waals surface area contributed by atoms with Crippen LogP contribution in [0.1, 0.15) is 24.0 Å². The Morgan fingerprint density at radius 2 is 1.83 bits per heavy atom. The maximum atomic E-state index is 12.9. The highest BCUT2D eigenvalue weighted by Crippen LogP contribution is 2.39. The Kier molecular flexibility index (Phi) is 5.95. The molecule has 0 bridgehead atoms. The van der Waals surface area contributed by atoms with E-state index in [9.17, 15) is 14.7 Å². The van der Waals surface area contributed by atoms with Crippen LogP contribution in [-0.4, -0.2) is 40.8 Å². The van der Waals surface area contributed by atoms with Crippen LogP contribution < -0.4 is 0 Å². The summed E-state index contributed by atoms with van der Waals surface area (Å²) >= 11 is 0. The number of aliphatic hydroxyl groups excluding tert-OH is 1. The summed E-state index contributed by atoms with van der Waals surface area (Å²) in [4.78, 5) is 26.3. The van der Waals surface area contributed by atoms with Crippen LogP contribution in [0.4, 0.5) is 0 Å². The summed E-state index contributed by atoms with van der Waals surface area (Å²) in [5, 5.41) is 9.92. The highest BCUT2D eigenvalue weighted by molar-refractivity contribution is 5.92. The lowest BCUT2D eigenvalue weighted by Gasteiger charge is -2.33. The van der Waals surface area contributed by atoms with E-state index in [0.29, 0.717) is 17.8 Å². The molecule has 2 heterocycles. The first kappa shape index (κ1) is 19.9. The summed E-state index contributed by atoms with van der Waals surface area (Å²) in [7, 11) is 0. The number of fused-ring (bicyclic) bond motifs is 1. The monoisotopic (exact) mass is 405 g/mol. The Labute approximate surface area is 175 Å². The molecule has 2 saturated heterocycles. The van der Waals surface area contributed by atoms with Crippen molar-refractivity contribution in [3.63, 3.8) is 0 Å². The molecule has 0 aliphatic carbocycles. The van der Waals surface area contributed by atoms with Crippen LogP contribution in [0.25, 0.3) is 6.08 Å². The van der Waals surface area contributed by atoms with E-state index in [4.69, 9.17) is 9.47 Å². The second-order valence-electron chi connectivity index (χ2n) is 7.22. The van der Waals surface area contributed by atoms with Gasteiger partial charge in [0.05, 0.1) is 13.0 Å². The van der Waals surface area contributed by atoms with E-state index in [1.54, 1.807) is 0 Å². The number of aliphatic hydroxyl groups is 1. The molecule has 0 spiro atoms. The largest absolute Gasteiger partial charge is 0.471 e. The van der Waals surface area contributed by atoms with E-state index in [0.717, 1.165) is 11.1 Å². The first-order chi connectivity index (χ1) is 14.7. The molecule has 6 nitrogen and oxygen atoms in total.